The number of hydrogen-bond acceptors (Lipinski definition) is 5. The van der Waals surface area contributed by atoms with Crippen molar-refractivity contribution in [3.63, 3.8) is 0 Å². The molecule has 1 aliphatic rings. The first kappa shape index (κ1) is 18.2. The summed E-state index contributed by atoms with van der Waals surface area (Å²) in [6.07, 6.45) is 1.84. The summed E-state index contributed by atoms with van der Waals surface area (Å²) < 4.78 is 10.8. The van der Waals surface area contributed by atoms with Gasteiger partial charge in [-0.25, -0.2) is 0 Å². The highest BCUT2D eigenvalue weighted by molar-refractivity contribution is 5.95. The molecule has 0 spiro atoms. The van der Waals surface area contributed by atoms with Gasteiger partial charge in [0.05, 0.1) is 13.0 Å². The zero-order valence-electron chi connectivity index (χ0n) is 16.1. The second-order valence-corrected chi connectivity index (χ2v) is 7.09. The van der Waals surface area contributed by atoms with E-state index in [1.165, 1.54) is 0 Å². The zero-order valence-corrected chi connectivity index (χ0v) is 16.1. The Kier molecular flexibility index (Phi) is 5.10. The Hall–Kier alpha value is -3.15. The third-order valence-corrected chi connectivity index (χ3v) is 5.20. The Labute approximate surface area is 164 Å². The second-order valence-electron chi connectivity index (χ2n) is 7.09. The molecule has 6 nitrogen and oxygen atoms in total. The fraction of sp³-hybridized carbons (Fsp3) is 0.318. The molecule has 1 aliphatic heterocycles. The predicted octanol–water partition coefficient (Wildman–Crippen LogP) is 4.07. The molecule has 1 fully saturated rings. The standard InChI is InChI=1S/C22H23N3O3/c1-15-7-3-4-11-19(15)22(26)25-12-6-9-17(14-25)21-23-20(24-28-21)16-8-5-10-18(13-16)27-2/h3-5,7-8,10-11,13,17H,6,9,12,14H2,1-2H3. The number of aromatic nitrogens is 2. The van der Waals surface area contributed by atoms with Crippen LogP contribution in [0.5, 0.6) is 5.75 Å². The predicted molar refractivity (Wildman–Crippen MR) is 105 cm³/mol. The van der Waals surface area contributed by atoms with E-state index in [0.29, 0.717) is 18.3 Å². The summed E-state index contributed by atoms with van der Waals surface area (Å²) in [5, 5.41) is 4.13. The van der Waals surface area contributed by atoms with Crippen LogP contribution in [0.25, 0.3) is 11.4 Å². The monoisotopic (exact) mass is 377 g/mol. The van der Waals surface area contributed by atoms with Gasteiger partial charge in [0.1, 0.15) is 5.75 Å². The number of nitrogens with zero attached hydrogens (tertiary/aromatic N) is 3. The summed E-state index contributed by atoms with van der Waals surface area (Å²) in [6.45, 7) is 3.31. The molecule has 0 N–H and O–H groups in total. The number of likely N-dealkylation sites (tertiary alicyclic amines) is 1. The molecule has 0 bridgehead atoms. The number of aryl methyl sites for hydroxylation is 1. The molecule has 1 amide bonds. The highest BCUT2D eigenvalue weighted by Crippen LogP contribution is 2.29. The number of rotatable bonds is 4. The molecule has 1 unspecified atom stereocenters. The summed E-state index contributed by atoms with van der Waals surface area (Å²) in [4.78, 5) is 19.4. The SMILES string of the molecule is COc1cccc(-c2noc(C3CCCN(C(=O)c4ccccc4C)C3)n2)c1. The highest BCUT2D eigenvalue weighted by atomic mass is 16.5. The third-order valence-electron chi connectivity index (χ3n) is 5.20. The van der Waals surface area contributed by atoms with Crippen molar-refractivity contribution >= 4 is 5.91 Å². The average molecular weight is 377 g/mol. The molecule has 1 aromatic heterocycles. The van der Waals surface area contributed by atoms with Gasteiger partial charge in [0, 0.05) is 24.2 Å². The van der Waals surface area contributed by atoms with E-state index in [9.17, 15) is 4.79 Å². The maximum atomic E-state index is 12.9. The number of carbonyl (C=O) groups excluding carboxylic acids is 1. The minimum Gasteiger partial charge on any atom is -0.497 e. The number of hydrogen-bond donors (Lipinski definition) is 0. The first-order chi connectivity index (χ1) is 13.7. The summed E-state index contributed by atoms with van der Waals surface area (Å²) in [6, 6.07) is 15.3. The molecule has 0 saturated carbocycles. The topological polar surface area (TPSA) is 68.5 Å². The number of benzene rings is 2. The Morgan fingerprint density at radius 1 is 1.21 bits per heavy atom. The van der Waals surface area contributed by atoms with Crippen molar-refractivity contribution in [1.82, 2.24) is 15.0 Å². The molecular formula is C22H23N3O3. The van der Waals surface area contributed by atoms with Gasteiger partial charge in [0.25, 0.3) is 5.91 Å². The molecule has 4 rings (SSSR count). The normalized spacial score (nSPS) is 16.8. The lowest BCUT2D eigenvalue weighted by molar-refractivity contribution is 0.0695. The minimum atomic E-state index is 0.0496. The van der Waals surface area contributed by atoms with Crippen LogP contribution in [0, 0.1) is 6.92 Å². The fourth-order valence-electron chi connectivity index (χ4n) is 3.63. The van der Waals surface area contributed by atoms with Gasteiger partial charge in [-0.3, -0.25) is 4.79 Å². The third kappa shape index (κ3) is 3.63. The van der Waals surface area contributed by atoms with Gasteiger partial charge in [-0.15, -0.1) is 0 Å². The van der Waals surface area contributed by atoms with E-state index >= 15 is 0 Å². The number of methoxy groups -OCH3 is 1. The molecule has 2 heterocycles. The van der Waals surface area contributed by atoms with Crippen LogP contribution in [-0.2, 0) is 0 Å². The van der Waals surface area contributed by atoms with Crippen molar-refractivity contribution in [2.75, 3.05) is 20.2 Å². The molecular weight excluding hydrogens is 354 g/mol. The Bertz CT molecular complexity index is 982. The van der Waals surface area contributed by atoms with E-state index < -0.39 is 0 Å². The van der Waals surface area contributed by atoms with Gasteiger partial charge in [0.2, 0.25) is 11.7 Å². The van der Waals surface area contributed by atoms with E-state index in [4.69, 9.17) is 9.26 Å². The summed E-state index contributed by atoms with van der Waals surface area (Å²) in [5.74, 6) is 1.98. The first-order valence-corrected chi connectivity index (χ1v) is 9.48. The van der Waals surface area contributed by atoms with E-state index in [2.05, 4.69) is 10.1 Å². The van der Waals surface area contributed by atoms with Gasteiger partial charge in [0.15, 0.2) is 0 Å². The van der Waals surface area contributed by atoms with Gasteiger partial charge >= 0.3 is 0 Å². The van der Waals surface area contributed by atoms with E-state index in [1.807, 2.05) is 60.4 Å². The summed E-state index contributed by atoms with van der Waals surface area (Å²) in [5.41, 5.74) is 2.59. The van der Waals surface area contributed by atoms with E-state index in [1.54, 1.807) is 7.11 Å². The van der Waals surface area contributed by atoms with Crippen LogP contribution >= 0.6 is 0 Å². The lowest BCUT2D eigenvalue weighted by Gasteiger charge is -2.31. The van der Waals surface area contributed by atoms with Crippen molar-refractivity contribution in [2.45, 2.75) is 25.7 Å². The summed E-state index contributed by atoms with van der Waals surface area (Å²) in [7, 11) is 1.63. The zero-order chi connectivity index (χ0) is 19.5. The maximum Gasteiger partial charge on any atom is 0.254 e. The lowest BCUT2D eigenvalue weighted by Crippen LogP contribution is -2.39. The van der Waals surface area contributed by atoms with Gasteiger partial charge in [-0.05, 0) is 43.5 Å². The van der Waals surface area contributed by atoms with Crippen molar-refractivity contribution in [2.24, 2.45) is 0 Å². The van der Waals surface area contributed by atoms with Crippen LogP contribution in [-0.4, -0.2) is 41.1 Å². The smallest absolute Gasteiger partial charge is 0.254 e. The second kappa shape index (κ2) is 7.84. The maximum absolute atomic E-state index is 12.9. The van der Waals surface area contributed by atoms with Gasteiger partial charge in [-0.1, -0.05) is 35.5 Å². The Balaban J connectivity index is 1.51. The van der Waals surface area contributed by atoms with Crippen molar-refractivity contribution in [3.8, 4) is 17.1 Å². The molecule has 6 heteroatoms. The molecule has 1 saturated heterocycles. The van der Waals surface area contributed by atoms with Crippen LogP contribution in [0.3, 0.4) is 0 Å². The number of ether oxygens (including phenoxy) is 1. The molecule has 0 aliphatic carbocycles. The van der Waals surface area contributed by atoms with Crippen LogP contribution in [0.4, 0.5) is 0 Å². The van der Waals surface area contributed by atoms with Crippen molar-refractivity contribution in [3.05, 3.63) is 65.5 Å². The Morgan fingerprint density at radius 3 is 2.89 bits per heavy atom. The van der Waals surface area contributed by atoms with Crippen molar-refractivity contribution < 1.29 is 14.1 Å². The number of carbonyl (C=O) groups is 1. The molecule has 1 atom stereocenters. The van der Waals surface area contributed by atoms with Gasteiger partial charge < -0.3 is 14.2 Å². The van der Waals surface area contributed by atoms with E-state index in [0.717, 1.165) is 41.8 Å². The number of piperidine rings is 1. The highest BCUT2D eigenvalue weighted by Gasteiger charge is 2.29. The Morgan fingerprint density at radius 2 is 2.07 bits per heavy atom. The van der Waals surface area contributed by atoms with Crippen LogP contribution in [0.2, 0.25) is 0 Å². The lowest BCUT2D eigenvalue weighted by atomic mass is 9.96. The molecule has 28 heavy (non-hydrogen) atoms. The molecule has 3 aromatic rings. The first-order valence-electron chi connectivity index (χ1n) is 9.48. The molecule has 0 radical (unpaired) electrons. The largest absolute Gasteiger partial charge is 0.497 e. The quantitative estimate of drug-likeness (QED) is 0.685. The van der Waals surface area contributed by atoms with Crippen LogP contribution in [0.1, 0.15) is 40.6 Å². The minimum absolute atomic E-state index is 0.0496. The van der Waals surface area contributed by atoms with Crippen LogP contribution in [0.15, 0.2) is 53.1 Å². The van der Waals surface area contributed by atoms with Gasteiger partial charge in [-0.2, -0.15) is 4.98 Å². The summed E-state index contributed by atoms with van der Waals surface area (Å²) >= 11 is 0. The van der Waals surface area contributed by atoms with E-state index in [-0.39, 0.29) is 11.8 Å². The molecule has 144 valence electrons. The molecule has 2 aromatic carbocycles. The average Bonchev–Trinajstić information content (AvgIpc) is 3.24. The fourth-order valence-corrected chi connectivity index (χ4v) is 3.63. The number of amides is 1. The van der Waals surface area contributed by atoms with Crippen LogP contribution < -0.4 is 4.74 Å². The van der Waals surface area contributed by atoms with Crippen molar-refractivity contribution in [1.29, 1.82) is 0 Å².